The fraction of sp³-hybridized carbons (Fsp3) is 0.250. The zero-order valence-corrected chi connectivity index (χ0v) is 7.78. The number of rotatable bonds is 2. The van der Waals surface area contributed by atoms with Gasteiger partial charge in [-0.2, -0.15) is 13.2 Å². The lowest BCUT2D eigenvalue weighted by atomic mass is 10.2. The van der Waals surface area contributed by atoms with Gasteiger partial charge in [-0.05, 0) is 18.2 Å². The van der Waals surface area contributed by atoms with Crippen molar-refractivity contribution in [1.82, 2.24) is 0 Å². The van der Waals surface area contributed by atoms with Crippen molar-refractivity contribution in [3.8, 4) is 0 Å². The van der Waals surface area contributed by atoms with Gasteiger partial charge in [0.1, 0.15) is 0 Å². The van der Waals surface area contributed by atoms with Crippen molar-refractivity contribution in [2.75, 3.05) is 12.0 Å². The minimum atomic E-state index is -4.44. The number of hydrogen-bond donors (Lipinski definition) is 2. The van der Waals surface area contributed by atoms with Gasteiger partial charge < -0.3 is 11.1 Å². The molecule has 0 atom stereocenters. The van der Waals surface area contributed by atoms with E-state index in [2.05, 4.69) is 5.32 Å². The summed E-state index contributed by atoms with van der Waals surface area (Å²) in [5.41, 5.74) is 4.56. The molecule has 78 valence electrons. The van der Waals surface area contributed by atoms with Gasteiger partial charge in [0.05, 0.1) is 17.3 Å². The van der Waals surface area contributed by atoms with Gasteiger partial charge in [0.15, 0.2) is 0 Å². The molecule has 0 radical (unpaired) electrons. The molecule has 14 heavy (non-hydrogen) atoms. The lowest BCUT2D eigenvalue weighted by Crippen LogP contribution is -2.12. The van der Waals surface area contributed by atoms with Crippen molar-refractivity contribution in [2.45, 2.75) is 6.18 Å². The third-order valence-electron chi connectivity index (χ3n) is 1.58. The smallest absolute Gasteiger partial charge is 0.373 e. The topological polar surface area (TPSA) is 38.0 Å². The van der Waals surface area contributed by atoms with Crippen LogP contribution in [0.25, 0.3) is 0 Å². The second kappa shape index (κ2) is 4.06. The summed E-state index contributed by atoms with van der Waals surface area (Å²) in [5.74, 6) is 0. The molecule has 3 N–H and O–H groups in total. The summed E-state index contributed by atoms with van der Waals surface area (Å²) in [4.78, 5) is 0. The first-order valence-corrected chi connectivity index (χ1v) is 4.13. The number of hydrogen-bond acceptors (Lipinski definition) is 2. The van der Waals surface area contributed by atoms with E-state index >= 15 is 0 Å². The Bertz CT molecular complexity index is 325. The molecule has 0 aliphatic heterocycles. The highest BCUT2D eigenvalue weighted by atomic mass is 35.5. The number of alkyl halides is 3. The van der Waals surface area contributed by atoms with Crippen LogP contribution in [-0.2, 0) is 6.18 Å². The Morgan fingerprint density at radius 2 is 2.00 bits per heavy atom. The second-order valence-electron chi connectivity index (χ2n) is 2.57. The normalized spacial score (nSPS) is 11.5. The summed E-state index contributed by atoms with van der Waals surface area (Å²) in [5, 5.41) is 2.25. The van der Waals surface area contributed by atoms with E-state index in [1.54, 1.807) is 0 Å². The molecule has 0 saturated heterocycles. The lowest BCUT2D eigenvalue weighted by molar-refractivity contribution is -0.137. The Morgan fingerprint density at radius 3 is 2.50 bits per heavy atom. The van der Waals surface area contributed by atoms with Gasteiger partial charge in [0.2, 0.25) is 0 Å². The standard InChI is InChI=1S/C8H8ClF3N2/c9-7-2-1-5(14-4-13)3-6(7)8(10,11)12/h1-3,14H,4,13H2. The van der Waals surface area contributed by atoms with Crippen LogP contribution >= 0.6 is 11.6 Å². The van der Waals surface area contributed by atoms with Crippen molar-refractivity contribution in [1.29, 1.82) is 0 Å². The molecule has 0 fully saturated rings. The van der Waals surface area contributed by atoms with E-state index in [1.165, 1.54) is 12.1 Å². The first-order valence-electron chi connectivity index (χ1n) is 3.76. The summed E-state index contributed by atoms with van der Waals surface area (Å²) in [7, 11) is 0. The highest BCUT2D eigenvalue weighted by molar-refractivity contribution is 6.31. The van der Waals surface area contributed by atoms with Gasteiger partial charge >= 0.3 is 6.18 Å². The second-order valence-corrected chi connectivity index (χ2v) is 2.98. The molecular formula is C8H8ClF3N2. The molecule has 1 aromatic rings. The summed E-state index contributed by atoms with van der Waals surface area (Å²) in [6.45, 7) is 0.0684. The Morgan fingerprint density at radius 1 is 1.36 bits per heavy atom. The van der Waals surface area contributed by atoms with Crippen molar-refractivity contribution < 1.29 is 13.2 Å². The van der Waals surface area contributed by atoms with Crippen molar-refractivity contribution in [3.05, 3.63) is 28.8 Å². The quantitative estimate of drug-likeness (QED) is 0.758. The van der Waals surface area contributed by atoms with E-state index in [0.717, 1.165) is 6.07 Å². The number of benzene rings is 1. The SMILES string of the molecule is NCNc1ccc(Cl)c(C(F)(F)F)c1. The number of anilines is 1. The maximum atomic E-state index is 12.3. The van der Waals surface area contributed by atoms with Gasteiger partial charge in [-0.3, -0.25) is 0 Å². The van der Waals surface area contributed by atoms with Crippen LogP contribution in [0.5, 0.6) is 0 Å². The monoisotopic (exact) mass is 224 g/mol. The molecule has 0 aliphatic carbocycles. The van der Waals surface area contributed by atoms with Crippen LogP contribution < -0.4 is 11.1 Å². The molecule has 0 aromatic heterocycles. The molecular weight excluding hydrogens is 217 g/mol. The van der Waals surface area contributed by atoms with Gasteiger partial charge in [0.25, 0.3) is 0 Å². The fourth-order valence-electron chi connectivity index (χ4n) is 0.970. The van der Waals surface area contributed by atoms with E-state index in [4.69, 9.17) is 17.3 Å². The molecule has 0 bridgehead atoms. The van der Waals surface area contributed by atoms with Crippen molar-refractivity contribution >= 4 is 17.3 Å². The zero-order chi connectivity index (χ0) is 10.8. The van der Waals surface area contributed by atoms with Crippen LogP contribution in [0, 0.1) is 0 Å². The molecule has 0 spiro atoms. The maximum Gasteiger partial charge on any atom is 0.417 e. The van der Waals surface area contributed by atoms with Gasteiger partial charge in [-0.1, -0.05) is 11.6 Å². The van der Waals surface area contributed by atoms with Crippen LogP contribution in [-0.4, -0.2) is 6.67 Å². The molecule has 2 nitrogen and oxygen atoms in total. The summed E-state index contributed by atoms with van der Waals surface area (Å²) in [6, 6.07) is 3.54. The molecule has 0 heterocycles. The van der Waals surface area contributed by atoms with Crippen molar-refractivity contribution in [3.63, 3.8) is 0 Å². The van der Waals surface area contributed by atoms with Crippen LogP contribution in [0.4, 0.5) is 18.9 Å². The van der Waals surface area contributed by atoms with Gasteiger partial charge in [-0.15, -0.1) is 0 Å². The minimum Gasteiger partial charge on any atom is -0.373 e. The summed E-state index contributed by atoms with van der Waals surface area (Å²) >= 11 is 5.40. The Hall–Kier alpha value is -0.940. The Labute approximate surface area is 83.9 Å². The number of nitrogens with two attached hydrogens (primary N) is 1. The molecule has 0 aliphatic rings. The van der Waals surface area contributed by atoms with Crippen molar-refractivity contribution in [2.24, 2.45) is 5.73 Å². The van der Waals surface area contributed by atoms with E-state index in [0.29, 0.717) is 5.69 Å². The average molecular weight is 225 g/mol. The number of nitrogens with one attached hydrogen (secondary N) is 1. The lowest BCUT2D eigenvalue weighted by Gasteiger charge is -2.11. The first kappa shape index (κ1) is 11.1. The average Bonchev–Trinajstić information content (AvgIpc) is 2.07. The Balaban J connectivity index is 3.09. The predicted molar refractivity (Wildman–Crippen MR) is 49.1 cm³/mol. The Kier molecular flexibility index (Phi) is 3.23. The highest BCUT2D eigenvalue weighted by Gasteiger charge is 2.33. The zero-order valence-electron chi connectivity index (χ0n) is 7.03. The third-order valence-corrected chi connectivity index (χ3v) is 1.91. The van der Waals surface area contributed by atoms with Crippen LogP contribution in [0.15, 0.2) is 18.2 Å². The van der Waals surface area contributed by atoms with E-state index in [1.807, 2.05) is 0 Å². The van der Waals surface area contributed by atoms with Crippen LogP contribution in [0.3, 0.4) is 0 Å². The minimum absolute atomic E-state index is 0.0684. The van der Waals surface area contributed by atoms with E-state index in [9.17, 15) is 13.2 Å². The van der Waals surface area contributed by atoms with Crippen LogP contribution in [0.2, 0.25) is 5.02 Å². The maximum absolute atomic E-state index is 12.3. The van der Waals surface area contributed by atoms with E-state index < -0.39 is 11.7 Å². The van der Waals surface area contributed by atoms with Gasteiger partial charge in [-0.25, -0.2) is 0 Å². The highest BCUT2D eigenvalue weighted by Crippen LogP contribution is 2.35. The predicted octanol–water partition coefficient (Wildman–Crippen LogP) is 2.69. The van der Waals surface area contributed by atoms with Gasteiger partial charge in [0, 0.05) is 5.69 Å². The molecule has 1 rings (SSSR count). The third kappa shape index (κ3) is 2.52. The summed E-state index contributed by atoms with van der Waals surface area (Å²) in [6.07, 6.45) is -4.44. The van der Waals surface area contributed by atoms with Crippen LogP contribution in [0.1, 0.15) is 5.56 Å². The van der Waals surface area contributed by atoms with E-state index in [-0.39, 0.29) is 11.7 Å². The molecule has 6 heteroatoms. The largest absolute Gasteiger partial charge is 0.417 e. The number of halogens is 4. The molecule has 0 amide bonds. The molecule has 0 saturated carbocycles. The summed E-state index contributed by atoms with van der Waals surface area (Å²) < 4.78 is 37.0. The molecule has 0 unspecified atom stereocenters. The molecule has 1 aromatic carbocycles. The fourth-order valence-corrected chi connectivity index (χ4v) is 1.20. The first-order chi connectivity index (χ1) is 6.45.